The van der Waals surface area contributed by atoms with E-state index in [1.807, 2.05) is 56.3 Å². The second-order valence-electron chi connectivity index (χ2n) is 7.28. The van der Waals surface area contributed by atoms with E-state index in [1.54, 1.807) is 0 Å². The number of hydrazone groups is 1. The molecule has 0 heterocycles. The Balaban J connectivity index is 1.75. The van der Waals surface area contributed by atoms with Crippen LogP contribution in [-0.4, -0.2) is 29.4 Å². The van der Waals surface area contributed by atoms with E-state index in [1.165, 1.54) is 24.4 Å². The Morgan fingerprint density at radius 2 is 1.91 bits per heavy atom. The Hall–Kier alpha value is -4.38. The van der Waals surface area contributed by atoms with Gasteiger partial charge in [-0.2, -0.15) is 10.4 Å². The number of hydrogen-bond donors (Lipinski definition) is 3. The maximum Gasteiger partial charge on any atom is 0.407 e. The summed E-state index contributed by atoms with van der Waals surface area (Å²) in [5, 5.41) is 27.0. The van der Waals surface area contributed by atoms with Crippen molar-refractivity contribution in [3.8, 4) is 11.8 Å². The van der Waals surface area contributed by atoms with E-state index in [-0.39, 0.29) is 29.5 Å². The molecule has 0 saturated carbocycles. The minimum Gasteiger partial charge on any atom is -0.507 e. The molecule has 0 spiro atoms. The average molecular weight is 430 g/mol. The molecular formula is C24H22N4O4. The number of amides is 2. The molecule has 0 saturated heterocycles. The Morgan fingerprint density at radius 3 is 2.62 bits per heavy atom. The number of nitrogens with one attached hydrogen (secondary N) is 2. The van der Waals surface area contributed by atoms with Crippen molar-refractivity contribution in [3.63, 3.8) is 0 Å². The molecule has 8 heteroatoms. The van der Waals surface area contributed by atoms with Crippen molar-refractivity contribution in [1.29, 1.82) is 5.26 Å². The molecule has 0 aliphatic rings. The topological polar surface area (TPSA) is 124 Å². The maximum absolute atomic E-state index is 12.3. The lowest BCUT2D eigenvalue weighted by Gasteiger charge is -2.12. The van der Waals surface area contributed by atoms with E-state index in [2.05, 4.69) is 15.8 Å². The van der Waals surface area contributed by atoms with Gasteiger partial charge in [0.1, 0.15) is 18.4 Å². The molecule has 8 nitrogen and oxygen atoms in total. The van der Waals surface area contributed by atoms with Gasteiger partial charge in [0.15, 0.2) is 0 Å². The monoisotopic (exact) mass is 430 g/mol. The summed E-state index contributed by atoms with van der Waals surface area (Å²) >= 11 is 0. The van der Waals surface area contributed by atoms with Gasteiger partial charge in [-0.15, -0.1) is 0 Å². The van der Waals surface area contributed by atoms with Crippen LogP contribution in [0.4, 0.5) is 4.79 Å². The third-order valence-electron chi connectivity index (χ3n) is 4.56. The maximum atomic E-state index is 12.3. The summed E-state index contributed by atoms with van der Waals surface area (Å²) in [5.74, 6) is -0.701. The lowest BCUT2D eigenvalue weighted by Crippen LogP contribution is -2.30. The largest absolute Gasteiger partial charge is 0.507 e. The molecule has 3 N–H and O–H groups in total. The van der Waals surface area contributed by atoms with Crippen LogP contribution in [-0.2, 0) is 11.3 Å². The van der Waals surface area contributed by atoms with Gasteiger partial charge in [0, 0.05) is 17.2 Å². The Kier molecular flexibility index (Phi) is 7.03. The van der Waals surface area contributed by atoms with Gasteiger partial charge in [0.25, 0.3) is 5.91 Å². The number of carbonyl (C=O) groups is 2. The van der Waals surface area contributed by atoms with Crippen molar-refractivity contribution in [3.05, 3.63) is 76.9 Å². The van der Waals surface area contributed by atoms with E-state index in [9.17, 15) is 14.7 Å². The van der Waals surface area contributed by atoms with Crippen LogP contribution in [0.1, 0.15) is 40.9 Å². The number of phenolic OH excluding ortho intramolecular Hbond substituents is 1. The fourth-order valence-electron chi connectivity index (χ4n) is 3.04. The minimum atomic E-state index is -0.511. The fourth-order valence-corrected chi connectivity index (χ4v) is 3.04. The predicted molar refractivity (Wildman–Crippen MR) is 120 cm³/mol. The molecule has 0 aliphatic heterocycles. The van der Waals surface area contributed by atoms with E-state index in [0.717, 1.165) is 21.9 Å². The molecular weight excluding hydrogens is 408 g/mol. The van der Waals surface area contributed by atoms with E-state index in [0.29, 0.717) is 0 Å². The number of hydrogen-bond acceptors (Lipinski definition) is 6. The molecule has 0 fully saturated rings. The van der Waals surface area contributed by atoms with E-state index >= 15 is 0 Å². The molecule has 0 bridgehead atoms. The molecule has 3 rings (SSSR count). The Morgan fingerprint density at radius 1 is 1.16 bits per heavy atom. The zero-order valence-electron chi connectivity index (χ0n) is 17.6. The summed E-state index contributed by atoms with van der Waals surface area (Å²) in [5.41, 5.74) is 4.23. The first-order valence-corrected chi connectivity index (χ1v) is 9.89. The van der Waals surface area contributed by atoms with Crippen LogP contribution in [0.25, 0.3) is 10.8 Å². The van der Waals surface area contributed by atoms with Gasteiger partial charge in [0.05, 0.1) is 11.8 Å². The van der Waals surface area contributed by atoms with Gasteiger partial charge >= 0.3 is 6.09 Å². The molecule has 0 radical (unpaired) electrons. The van der Waals surface area contributed by atoms with Crippen molar-refractivity contribution in [2.45, 2.75) is 26.5 Å². The van der Waals surface area contributed by atoms with Crippen LogP contribution in [0.5, 0.6) is 5.75 Å². The van der Waals surface area contributed by atoms with Crippen LogP contribution in [0, 0.1) is 11.3 Å². The van der Waals surface area contributed by atoms with Crippen LogP contribution in [0.2, 0.25) is 0 Å². The van der Waals surface area contributed by atoms with Gasteiger partial charge < -0.3 is 15.2 Å². The van der Waals surface area contributed by atoms with Crippen molar-refractivity contribution < 1.29 is 19.4 Å². The molecule has 0 aliphatic carbocycles. The van der Waals surface area contributed by atoms with Crippen LogP contribution >= 0.6 is 0 Å². The lowest BCUT2D eigenvalue weighted by molar-refractivity contribution is 0.0955. The quantitative estimate of drug-likeness (QED) is 0.405. The molecule has 32 heavy (non-hydrogen) atoms. The van der Waals surface area contributed by atoms with E-state index in [4.69, 9.17) is 10.00 Å². The SMILES string of the molecule is CC(C)NC(=O)OCc1ccc(/C=N/NC(=O)c2ccc(O)c(C#N)c2)c2ccccc12. The van der Waals surface area contributed by atoms with Crippen molar-refractivity contribution in [2.24, 2.45) is 5.10 Å². The second kappa shape index (κ2) is 10.1. The summed E-state index contributed by atoms with van der Waals surface area (Å²) in [7, 11) is 0. The highest BCUT2D eigenvalue weighted by Gasteiger charge is 2.10. The van der Waals surface area contributed by atoms with Gasteiger partial charge in [-0.25, -0.2) is 10.2 Å². The normalized spacial score (nSPS) is 10.8. The van der Waals surface area contributed by atoms with E-state index < -0.39 is 12.0 Å². The first kappa shape index (κ1) is 22.3. The number of carbonyl (C=O) groups excluding carboxylic acids is 2. The van der Waals surface area contributed by atoms with Crippen LogP contribution in [0.3, 0.4) is 0 Å². The Labute approximate surface area is 185 Å². The highest BCUT2D eigenvalue weighted by Crippen LogP contribution is 2.23. The minimum absolute atomic E-state index is 0.00695. The molecule has 3 aromatic carbocycles. The van der Waals surface area contributed by atoms with Gasteiger partial charge in [0.2, 0.25) is 0 Å². The molecule has 0 aromatic heterocycles. The summed E-state index contributed by atoms with van der Waals surface area (Å²) < 4.78 is 5.29. The summed E-state index contributed by atoms with van der Waals surface area (Å²) in [4.78, 5) is 24.1. The highest BCUT2D eigenvalue weighted by molar-refractivity contribution is 6.02. The molecule has 162 valence electrons. The smallest absolute Gasteiger partial charge is 0.407 e. The third-order valence-corrected chi connectivity index (χ3v) is 4.56. The number of phenols is 1. The van der Waals surface area contributed by atoms with Crippen LogP contribution in [0.15, 0.2) is 59.7 Å². The second-order valence-corrected chi connectivity index (χ2v) is 7.28. The number of aromatic hydroxyl groups is 1. The summed E-state index contributed by atoms with van der Waals surface area (Å²) in [6.45, 7) is 3.83. The van der Waals surface area contributed by atoms with Crippen molar-refractivity contribution in [1.82, 2.24) is 10.7 Å². The number of ether oxygens (including phenoxy) is 1. The zero-order chi connectivity index (χ0) is 23.1. The number of nitriles is 1. The zero-order valence-corrected chi connectivity index (χ0v) is 17.6. The Bertz CT molecular complexity index is 1230. The molecule has 0 unspecified atom stereocenters. The van der Waals surface area contributed by atoms with Crippen molar-refractivity contribution >= 4 is 29.0 Å². The first-order valence-electron chi connectivity index (χ1n) is 9.89. The summed E-state index contributed by atoms with van der Waals surface area (Å²) in [6, 6.07) is 17.1. The van der Waals surface area contributed by atoms with Gasteiger partial charge in [-0.3, -0.25) is 4.79 Å². The number of benzene rings is 3. The number of rotatable bonds is 6. The fraction of sp³-hybridized carbons (Fsp3) is 0.167. The standard InChI is InChI=1S/C24H22N4O4/c1-15(2)27-24(31)32-14-18-8-7-17(20-5-3-4-6-21(18)20)13-26-28-23(30)16-9-10-22(29)19(11-16)12-25/h3-11,13,15,29H,14H2,1-2H3,(H,27,31)(H,28,30)/b26-13+. The number of nitrogens with zero attached hydrogens (tertiary/aromatic N) is 2. The predicted octanol–water partition coefficient (Wildman–Crippen LogP) is 3.82. The van der Waals surface area contributed by atoms with Crippen LogP contribution < -0.4 is 10.7 Å². The molecule has 0 atom stereocenters. The van der Waals surface area contributed by atoms with Gasteiger partial charge in [-0.05, 0) is 48.4 Å². The molecule has 3 aromatic rings. The third kappa shape index (κ3) is 5.40. The summed E-state index contributed by atoms with van der Waals surface area (Å²) in [6.07, 6.45) is 1.04. The number of fused-ring (bicyclic) bond motifs is 1. The lowest BCUT2D eigenvalue weighted by atomic mass is 10.0. The number of alkyl carbamates (subject to hydrolysis) is 1. The first-order chi connectivity index (χ1) is 15.4. The highest BCUT2D eigenvalue weighted by atomic mass is 16.5. The average Bonchev–Trinajstić information content (AvgIpc) is 2.78. The van der Waals surface area contributed by atoms with Gasteiger partial charge in [-0.1, -0.05) is 36.4 Å². The van der Waals surface area contributed by atoms with Crippen molar-refractivity contribution in [2.75, 3.05) is 0 Å². The molecule has 2 amide bonds.